The average molecular weight is 420 g/mol. The first-order valence-corrected chi connectivity index (χ1v) is 9.75. The Morgan fingerprint density at radius 3 is 2.72 bits per heavy atom. The molecule has 0 atom stereocenters. The number of carbonyl (C=O) groups excluding carboxylic acids is 1. The van der Waals surface area contributed by atoms with Gasteiger partial charge in [-0.05, 0) is 58.5 Å². The van der Waals surface area contributed by atoms with Gasteiger partial charge >= 0.3 is 0 Å². The van der Waals surface area contributed by atoms with Crippen molar-refractivity contribution in [3.8, 4) is 0 Å². The first kappa shape index (κ1) is 17.1. The molecule has 1 saturated carbocycles. The molecule has 25 heavy (non-hydrogen) atoms. The Labute approximate surface area is 161 Å². The number of hydrogen-bond donors (Lipinski definition) is 1. The maximum atomic E-state index is 12.5. The van der Waals surface area contributed by atoms with Crippen molar-refractivity contribution < 1.29 is 4.79 Å². The van der Waals surface area contributed by atoms with Crippen LogP contribution in [-0.4, -0.2) is 29.4 Å². The number of nitrogens with one attached hydrogen (secondary N) is 1. The summed E-state index contributed by atoms with van der Waals surface area (Å²) < 4.78 is 0.802. The maximum Gasteiger partial charge on any atom is 0.251 e. The van der Waals surface area contributed by atoms with E-state index in [4.69, 9.17) is 11.6 Å². The van der Waals surface area contributed by atoms with Crippen LogP contribution in [0.15, 0.2) is 53.0 Å². The zero-order valence-corrected chi connectivity index (χ0v) is 16.2. The Bertz CT molecular complexity index is 790. The van der Waals surface area contributed by atoms with Crippen LogP contribution < -0.4 is 5.32 Å². The quantitative estimate of drug-likeness (QED) is 0.774. The molecule has 0 unspecified atom stereocenters. The second kappa shape index (κ2) is 6.75. The predicted octanol–water partition coefficient (Wildman–Crippen LogP) is 4.50. The van der Waals surface area contributed by atoms with E-state index in [0.29, 0.717) is 17.1 Å². The van der Waals surface area contributed by atoms with Crippen LogP contribution in [0.25, 0.3) is 0 Å². The first-order chi connectivity index (χ1) is 12.1. The lowest BCUT2D eigenvalue weighted by atomic mass is 9.73. The third-order valence-corrected chi connectivity index (χ3v) is 6.70. The molecule has 2 aromatic rings. The third kappa shape index (κ3) is 3.35. The summed E-state index contributed by atoms with van der Waals surface area (Å²) in [6.07, 6.45) is 2.36. The van der Waals surface area contributed by atoms with E-state index in [1.807, 2.05) is 12.1 Å². The molecule has 2 aromatic carbocycles. The van der Waals surface area contributed by atoms with Crippen LogP contribution in [-0.2, 0) is 6.54 Å². The second-order valence-electron chi connectivity index (χ2n) is 7.18. The van der Waals surface area contributed by atoms with E-state index in [-0.39, 0.29) is 11.4 Å². The molecule has 1 amide bonds. The molecule has 2 bridgehead atoms. The normalized spacial score (nSPS) is 24.8. The van der Waals surface area contributed by atoms with Gasteiger partial charge in [0.1, 0.15) is 0 Å². The molecule has 0 aromatic heterocycles. The van der Waals surface area contributed by atoms with Gasteiger partial charge in [0.2, 0.25) is 0 Å². The molecule has 5 rings (SSSR count). The van der Waals surface area contributed by atoms with Crippen molar-refractivity contribution in [1.82, 2.24) is 10.2 Å². The molecule has 5 heteroatoms. The lowest BCUT2D eigenvalue weighted by Gasteiger charge is -2.42. The maximum absolute atomic E-state index is 12.5. The van der Waals surface area contributed by atoms with Crippen molar-refractivity contribution in [2.75, 3.05) is 13.1 Å². The van der Waals surface area contributed by atoms with Gasteiger partial charge in [-0.25, -0.2) is 0 Å². The molecule has 0 spiro atoms. The van der Waals surface area contributed by atoms with Crippen LogP contribution in [0.5, 0.6) is 0 Å². The Kier molecular flexibility index (Phi) is 4.61. The number of nitrogens with zero attached hydrogens (tertiary/aromatic N) is 1. The topological polar surface area (TPSA) is 32.3 Å². The number of amides is 1. The van der Waals surface area contributed by atoms with Gasteiger partial charge in [0.15, 0.2) is 0 Å². The summed E-state index contributed by atoms with van der Waals surface area (Å²) in [7, 11) is 0. The zero-order valence-electron chi connectivity index (χ0n) is 13.8. The van der Waals surface area contributed by atoms with Crippen molar-refractivity contribution in [2.24, 2.45) is 5.92 Å². The summed E-state index contributed by atoms with van der Waals surface area (Å²) in [5.41, 5.74) is 2.06. The highest BCUT2D eigenvalue weighted by molar-refractivity contribution is 9.10. The summed E-state index contributed by atoms with van der Waals surface area (Å²) in [4.78, 5) is 15.0. The SMILES string of the molecule is O=C(NCC12CC(CN1Cc1ccccc1)C2)c1ccc(Br)c(Cl)c1. The van der Waals surface area contributed by atoms with E-state index < -0.39 is 0 Å². The van der Waals surface area contributed by atoms with Crippen LogP contribution in [0.4, 0.5) is 0 Å². The van der Waals surface area contributed by atoms with Gasteiger partial charge in [-0.2, -0.15) is 0 Å². The Morgan fingerprint density at radius 2 is 2.00 bits per heavy atom. The van der Waals surface area contributed by atoms with Gasteiger partial charge in [0, 0.05) is 35.2 Å². The van der Waals surface area contributed by atoms with E-state index >= 15 is 0 Å². The molecule has 2 aliphatic heterocycles. The van der Waals surface area contributed by atoms with Gasteiger partial charge in [-0.1, -0.05) is 41.9 Å². The molecule has 0 radical (unpaired) electrons. The highest BCUT2D eigenvalue weighted by atomic mass is 79.9. The number of benzene rings is 2. The molecular weight excluding hydrogens is 400 g/mol. The standard InChI is InChI=1S/C20H20BrClN2O/c21-17-7-6-16(8-18(17)22)19(25)23-13-20-9-15(10-20)12-24(20)11-14-4-2-1-3-5-14/h1-8,15H,9-13H2,(H,23,25). The summed E-state index contributed by atoms with van der Waals surface area (Å²) in [5.74, 6) is 0.724. The monoisotopic (exact) mass is 418 g/mol. The van der Waals surface area contributed by atoms with Crippen molar-refractivity contribution in [3.63, 3.8) is 0 Å². The largest absolute Gasteiger partial charge is 0.350 e. The molecule has 2 saturated heterocycles. The number of carbonyl (C=O) groups is 1. The molecule has 3 aliphatic rings. The molecule has 2 heterocycles. The summed E-state index contributed by atoms with van der Waals surface area (Å²) in [6, 6.07) is 15.9. The van der Waals surface area contributed by atoms with Crippen molar-refractivity contribution in [3.05, 3.63) is 69.2 Å². The Morgan fingerprint density at radius 1 is 1.24 bits per heavy atom. The lowest BCUT2D eigenvalue weighted by molar-refractivity contribution is 0.0798. The molecule has 130 valence electrons. The van der Waals surface area contributed by atoms with Gasteiger partial charge in [0.25, 0.3) is 5.91 Å². The summed E-state index contributed by atoms with van der Waals surface area (Å²) >= 11 is 9.45. The Balaban J connectivity index is 1.41. The van der Waals surface area contributed by atoms with Crippen LogP contribution in [0.3, 0.4) is 0 Å². The highest BCUT2D eigenvalue weighted by Gasteiger charge is 2.55. The smallest absolute Gasteiger partial charge is 0.251 e. The van der Waals surface area contributed by atoms with E-state index in [1.54, 1.807) is 12.1 Å². The molecule has 1 N–H and O–H groups in total. The van der Waals surface area contributed by atoms with Gasteiger partial charge in [0.05, 0.1) is 5.02 Å². The lowest BCUT2D eigenvalue weighted by Crippen LogP contribution is -2.53. The van der Waals surface area contributed by atoms with Crippen molar-refractivity contribution >= 4 is 33.4 Å². The van der Waals surface area contributed by atoms with Crippen molar-refractivity contribution in [1.29, 1.82) is 0 Å². The predicted molar refractivity (Wildman–Crippen MR) is 104 cm³/mol. The van der Waals surface area contributed by atoms with Crippen LogP contribution >= 0.6 is 27.5 Å². The van der Waals surface area contributed by atoms with E-state index in [2.05, 4.69) is 50.4 Å². The zero-order chi connectivity index (χ0) is 17.4. The molecule has 1 aliphatic carbocycles. The molecular formula is C20H20BrClN2O. The minimum absolute atomic E-state index is 0.0567. The summed E-state index contributed by atoms with van der Waals surface area (Å²) in [5, 5.41) is 3.68. The van der Waals surface area contributed by atoms with Crippen LogP contribution in [0.1, 0.15) is 28.8 Å². The minimum Gasteiger partial charge on any atom is -0.350 e. The van der Waals surface area contributed by atoms with Gasteiger partial charge < -0.3 is 5.32 Å². The molecule has 3 fully saturated rings. The van der Waals surface area contributed by atoms with Crippen LogP contribution in [0, 0.1) is 5.92 Å². The fraction of sp³-hybridized carbons (Fsp3) is 0.350. The molecule has 3 nitrogen and oxygen atoms in total. The number of fused-ring (bicyclic) bond motifs is 1. The van der Waals surface area contributed by atoms with Gasteiger partial charge in [-0.15, -0.1) is 0 Å². The van der Waals surface area contributed by atoms with E-state index in [9.17, 15) is 4.79 Å². The van der Waals surface area contributed by atoms with Crippen molar-refractivity contribution in [2.45, 2.75) is 24.9 Å². The van der Waals surface area contributed by atoms with Crippen LogP contribution in [0.2, 0.25) is 5.02 Å². The summed E-state index contributed by atoms with van der Waals surface area (Å²) in [6.45, 7) is 2.79. The number of halogens is 2. The minimum atomic E-state index is -0.0567. The fourth-order valence-corrected chi connectivity index (χ4v) is 4.61. The fourth-order valence-electron chi connectivity index (χ4n) is 4.18. The third-order valence-electron chi connectivity index (χ3n) is 5.46. The first-order valence-electron chi connectivity index (χ1n) is 8.58. The average Bonchev–Trinajstić information content (AvgIpc) is 3.10. The van der Waals surface area contributed by atoms with Gasteiger partial charge in [-0.3, -0.25) is 9.69 Å². The van der Waals surface area contributed by atoms with E-state index in [0.717, 1.165) is 23.5 Å². The number of hydrogen-bond acceptors (Lipinski definition) is 2. The number of rotatable bonds is 5. The Hall–Kier alpha value is -1.36. The van der Waals surface area contributed by atoms with E-state index in [1.165, 1.54) is 18.4 Å². The second-order valence-corrected chi connectivity index (χ2v) is 8.44. The highest BCUT2D eigenvalue weighted by Crippen LogP contribution is 2.50.